The summed E-state index contributed by atoms with van der Waals surface area (Å²) < 4.78 is 1.65. The van der Waals surface area contributed by atoms with Crippen molar-refractivity contribution in [1.29, 1.82) is 0 Å². The van der Waals surface area contributed by atoms with Crippen molar-refractivity contribution in [3.05, 3.63) is 101 Å². The number of amides is 2. The Labute approximate surface area is 256 Å². The lowest BCUT2D eigenvalue weighted by atomic mass is 9.97. The zero-order valence-electron chi connectivity index (χ0n) is 25.0. The van der Waals surface area contributed by atoms with Crippen LogP contribution in [0.25, 0.3) is 0 Å². The largest absolute Gasteiger partial charge is 0.369 e. The van der Waals surface area contributed by atoms with E-state index in [1.165, 1.54) is 5.69 Å². The molecule has 1 atom stereocenters. The van der Waals surface area contributed by atoms with Crippen LogP contribution in [0.2, 0.25) is 0 Å². The summed E-state index contributed by atoms with van der Waals surface area (Å²) in [6, 6.07) is 21.8. The van der Waals surface area contributed by atoms with E-state index in [0.29, 0.717) is 28.2 Å². The Balaban J connectivity index is 1.13. The second-order valence-corrected chi connectivity index (χ2v) is 11.5. The number of ketones is 1. The summed E-state index contributed by atoms with van der Waals surface area (Å²) in [5.41, 5.74) is 5.10. The SMILES string of the molecule is CC(C)n1nccc1C(=O)Nc1cccc(C(=O)c2ccc3c(c2)NC(=O)C3C=Nc2ccc(N3CCN(C)CC3)cc2)c1. The van der Waals surface area contributed by atoms with Crippen molar-refractivity contribution in [2.45, 2.75) is 25.8 Å². The second-order valence-electron chi connectivity index (χ2n) is 11.5. The molecule has 6 rings (SSSR count). The molecule has 1 aromatic heterocycles. The standard InChI is InChI=1S/C34H35N7O3/c1-22(2)41-31(13-14-36-41)34(44)37-26-6-4-5-23(19-26)32(42)24-7-12-28-29(33(43)38-30(28)20-24)21-35-25-8-10-27(11-9-25)40-17-15-39(3)16-18-40/h4-14,19-22,29H,15-18H2,1-3H3,(H,37,44)(H,38,43). The number of carbonyl (C=O) groups excluding carboxylic acids is 3. The Morgan fingerprint density at radius 2 is 1.73 bits per heavy atom. The molecule has 224 valence electrons. The molecule has 10 nitrogen and oxygen atoms in total. The molecule has 2 N–H and O–H groups in total. The molecule has 1 saturated heterocycles. The number of rotatable bonds is 8. The first-order valence-corrected chi connectivity index (χ1v) is 14.8. The molecule has 3 heterocycles. The lowest BCUT2D eigenvalue weighted by molar-refractivity contribution is -0.115. The molecule has 1 unspecified atom stereocenters. The predicted octanol–water partition coefficient (Wildman–Crippen LogP) is 5.14. The topological polar surface area (TPSA) is 112 Å². The number of hydrogen-bond donors (Lipinski definition) is 2. The number of hydrogen-bond acceptors (Lipinski definition) is 7. The number of aromatic nitrogens is 2. The Bertz CT molecular complexity index is 1730. The van der Waals surface area contributed by atoms with Gasteiger partial charge in [0.25, 0.3) is 5.91 Å². The molecular weight excluding hydrogens is 554 g/mol. The molecule has 0 aliphatic carbocycles. The number of fused-ring (bicyclic) bond motifs is 1. The third-order valence-electron chi connectivity index (χ3n) is 8.06. The summed E-state index contributed by atoms with van der Waals surface area (Å²) >= 11 is 0. The maximum absolute atomic E-state index is 13.4. The summed E-state index contributed by atoms with van der Waals surface area (Å²) in [6.45, 7) is 7.97. The molecule has 2 aliphatic heterocycles. The van der Waals surface area contributed by atoms with Gasteiger partial charge in [0.05, 0.1) is 5.69 Å². The predicted molar refractivity (Wildman–Crippen MR) is 173 cm³/mol. The minimum absolute atomic E-state index is 0.0311. The van der Waals surface area contributed by atoms with E-state index in [1.54, 1.807) is 65.6 Å². The number of piperazine rings is 1. The molecule has 44 heavy (non-hydrogen) atoms. The van der Waals surface area contributed by atoms with Gasteiger partial charge in [-0.05, 0) is 75.0 Å². The summed E-state index contributed by atoms with van der Waals surface area (Å²) in [7, 11) is 2.14. The first-order chi connectivity index (χ1) is 21.3. The molecule has 0 spiro atoms. The van der Waals surface area contributed by atoms with Gasteiger partial charge in [-0.2, -0.15) is 5.10 Å². The average Bonchev–Trinajstić information content (AvgIpc) is 3.65. The second kappa shape index (κ2) is 12.3. The van der Waals surface area contributed by atoms with Crippen molar-refractivity contribution in [2.75, 3.05) is 48.8 Å². The Morgan fingerprint density at radius 3 is 2.48 bits per heavy atom. The van der Waals surface area contributed by atoms with Gasteiger partial charge in [0, 0.05) is 72.8 Å². The van der Waals surface area contributed by atoms with E-state index in [2.05, 4.69) is 49.7 Å². The number of benzene rings is 3. The van der Waals surface area contributed by atoms with Gasteiger partial charge in [0.15, 0.2) is 5.78 Å². The van der Waals surface area contributed by atoms with E-state index in [-0.39, 0.29) is 23.6 Å². The smallest absolute Gasteiger partial charge is 0.273 e. The van der Waals surface area contributed by atoms with Crippen LogP contribution in [0.5, 0.6) is 0 Å². The molecule has 1 fully saturated rings. The van der Waals surface area contributed by atoms with E-state index in [9.17, 15) is 14.4 Å². The number of nitrogens with one attached hydrogen (secondary N) is 2. The Morgan fingerprint density at radius 1 is 0.977 bits per heavy atom. The Hall–Kier alpha value is -5.09. The highest BCUT2D eigenvalue weighted by Gasteiger charge is 2.30. The van der Waals surface area contributed by atoms with Crippen LogP contribution in [0.4, 0.5) is 22.7 Å². The number of anilines is 3. The first kappa shape index (κ1) is 29.0. The van der Waals surface area contributed by atoms with Crippen molar-refractivity contribution in [3.8, 4) is 0 Å². The fourth-order valence-electron chi connectivity index (χ4n) is 5.56. The molecule has 0 saturated carbocycles. The van der Waals surface area contributed by atoms with E-state index >= 15 is 0 Å². The third kappa shape index (κ3) is 6.02. The van der Waals surface area contributed by atoms with Gasteiger partial charge in [0.2, 0.25) is 5.91 Å². The average molecular weight is 590 g/mol. The number of nitrogens with zero attached hydrogens (tertiary/aromatic N) is 5. The van der Waals surface area contributed by atoms with Crippen LogP contribution in [0.1, 0.15) is 57.8 Å². The Kier molecular flexibility index (Phi) is 8.08. The van der Waals surface area contributed by atoms with Gasteiger partial charge >= 0.3 is 0 Å². The van der Waals surface area contributed by atoms with Crippen LogP contribution in [-0.2, 0) is 4.79 Å². The lowest BCUT2D eigenvalue weighted by Gasteiger charge is -2.34. The molecule has 2 aliphatic rings. The summed E-state index contributed by atoms with van der Waals surface area (Å²) in [5.74, 6) is -1.26. The fourth-order valence-corrected chi connectivity index (χ4v) is 5.56. The summed E-state index contributed by atoms with van der Waals surface area (Å²) in [4.78, 5) is 48.4. The molecule has 2 amide bonds. The fraction of sp³-hybridized carbons (Fsp3) is 0.265. The lowest BCUT2D eigenvalue weighted by Crippen LogP contribution is -2.44. The van der Waals surface area contributed by atoms with Gasteiger partial charge in [0.1, 0.15) is 11.6 Å². The first-order valence-electron chi connectivity index (χ1n) is 14.8. The number of carbonyl (C=O) groups is 3. The van der Waals surface area contributed by atoms with Crippen molar-refractivity contribution < 1.29 is 14.4 Å². The maximum Gasteiger partial charge on any atom is 0.273 e. The number of likely N-dealkylation sites (N-methyl/N-ethyl adjacent to an activating group) is 1. The van der Waals surface area contributed by atoms with E-state index in [1.807, 2.05) is 26.0 Å². The molecule has 0 radical (unpaired) electrons. The van der Waals surface area contributed by atoms with Gasteiger partial charge in [-0.25, -0.2) is 0 Å². The van der Waals surface area contributed by atoms with Crippen LogP contribution < -0.4 is 15.5 Å². The van der Waals surface area contributed by atoms with E-state index in [4.69, 9.17) is 0 Å². The van der Waals surface area contributed by atoms with Gasteiger partial charge < -0.3 is 20.4 Å². The zero-order valence-corrected chi connectivity index (χ0v) is 25.0. The maximum atomic E-state index is 13.4. The van der Waals surface area contributed by atoms with E-state index < -0.39 is 5.92 Å². The molecule has 10 heteroatoms. The third-order valence-corrected chi connectivity index (χ3v) is 8.06. The molecule has 3 aromatic carbocycles. The quantitative estimate of drug-likeness (QED) is 0.218. The van der Waals surface area contributed by atoms with E-state index in [0.717, 1.165) is 37.4 Å². The van der Waals surface area contributed by atoms with Crippen LogP contribution in [-0.4, -0.2) is 71.7 Å². The summed E-state index contributed by atoms with van der Waals surface area (Å²) in [6.07, 6.45) is 3.25. The van der Waals surface area contributed by atoms with Crippen molar-refractivity contribution >= 4 is 46.6 Å². The van der Waals surface area contributed by atoms with Crippen molar-refractivity contribution in [2.24, 2.45) is 4.99 Å². The number of aliphatic imine (C=N–C) groups is 1. The van der Waals surface area contributed by atoms with Crippen molar-refractivity contribution in [1.82, 2.24) is 14.7 Å². The monoisotopic (exact) mass is 589 g/mol. The van der Waals surface area contributed by atoms with Crippen LogP contribution in [0.15, 0.2) is 84.0 Å². The molecular formula is C34H35N7O3. The van der Waals surface area contributed by atoms with Crippen LogP contribution >= 0.6 is 0 Å². The van der Waals surface area contributed by atoms with Gasteiger partial charge in [-0.3, -0.25) is 24.1 Å². The highest BCUT2D eigenvalue weighted by molar-refractivity contribution is 6.15. The van der Waals surface area contributed by atoms with Crippen molar-refractivity contribution in [3.63, 3.8) is 0 Å². The zero-order chi connectivity index (χ0) is 30.8. The normalized spacial score (nSPS) is 16.8. The minimum Gasteiger partial charge on any atom is -0.369 e. The summed E-state index contributed by atoms with van der Waals surface area (Å²) in [5, 5.41) is 9.97. The van der Waals surface area contributed by atoms with Crippen LogP contribution in [0, 0.1) is 0 Å². The van der Waals surface area contributed by atoms with Crippen LogP contribution in [0.3, 0.4) is 0 Å². The molecule has 4 aromatic rings. The minimum atomic E-state index is -0.552. The highest BCUT2D eigenvalue weighted by Crippen LogP contribution is 2.33. The molecule has 0 bridgehead atoms. The van der Waals surface area contributed by atoms with Gasteiger partial charge in [-0.15, -0.1) is 0 Å². The van der Waals surface area contributed by atoms with Gasteiger partial charge in [-0.1, -0.05) is 24.3 Å². The highest BCUT2D eigenvalue weighted by atomic mass is 16.2.